The zero-order valence-corrected chi connectivity index (χ0v) is 66.6. The Balaban J connectivity index is 0.798. The second kappa shape index (κ2) is 33.3. The lowest BCUT2D eigenvalue weighted by Crippen LogP contribution is -2.50. The van der Waals surface area contributed by atoms with Crippen molar-refractivity contribution in [3.05, 3.63) is 118 Å². The van der Waals surface area contributed by atoms with Crippen LogP contribution < -0.4 is 34.8 Å². The molecule has 6 aromatic rings. The van der Waals surface area contributed by atoms with Gasteiger partial charge in [0.2, 0.25) is 5.91 Å². The first-order chi connectivity index (χ1) is 52.9. The number of aromatic nitrogens is 6. The van der Waals surface area contributed by atoms with Crippen molar-refractivity contribution in [3.8, 4) is 52.2 Å². The highest BCUT2D eigenvalue weighted by molar-refractivity contribution is 6.30. The van der Waals surface area contributed by atoms with E-state index in [0.29, 0.717) is 107 Å². The maximum Gasteiger partial charge on any atom is 0.343 e. The van der Waals surface area contributed by atoms with Crippen LogP contribution in [-0.4, -0.2) is 153 Å². The molecule has 27 heteroatoms. The molecular weight excluding hydrogens is 1410 g/mol. The highest BCUT2D eigenvalue weighted by Gasteiger charge is 2.44. The predicted octanol–water partition coefficient (Wildman–Crippen LogP) is 14.3. The fourth-order valence-electron chi connectivity index (χ4n) is 17.7. The molecular formula is C84H104N14O13. The number of aliphatic hydroxyl groups excluding tert-OH is 1. The summed E-state index contributed by atoms with van der Waals surface area (Å²) in [6.45, 7) is 35.9. The predicted molar refractivity (Wildman–Crippen MR) is 422 cm³/mol. The van der Waals surface area contributed by atoms with Crippen LogP contribution >= 0.6 is 0 Å². The number of hydrogen-bond acceptors (Lipinski definition) is 23. The lowest BCUT2D eigenvalue weighted by molar-refractivity contribution is -0.338. The van der Waals surface area contributed by atoms with Crippen molar-refractivity contribution in [1.82, 2.24) is 35.0 Å². The van der Waals surface area contributed by atoms with Crippen LogP contribution in [0.2, 0.25) is 0 Å². The zero-order valence-electron chi connectivity index (χ0n) is 66.6. The Bertz CT molecular complexity index is 4780. The first kappa shape index (κ1) is 80.2. The second-order valence-electron chi connectivity index (χ2n) is 32.4. The molecule has 2 fully saturated rings. The molecule has 6 atom stereocenters. The molecule has 4 aromatic carbocycles. The number of methoxy groups -OCH3 is 2. The van der Waals surface area contributed by atoms with Crippen LogP contribution in [0.4, 0.5) is 28.4 Å². The largest absolute Gasteiger partial charge is 0.495 e. The molecule has 6 heterocycles. The fourth-order valence-corrected chi connectivity index (χ4v) is 17.7. The van der Waals surface area contributed by atoms with E-state index >= 15 is 0 Å². The van der Waals surface area contributed by atoms with E-state index in [1.165, 1.54) is 11.8 Å². The third-order valence-electron chi connectivity index (χ3n) is 22.7. The zero-order chi connectivity index (χ0) is 79.7. The molecule has 2 aromatic heterocycles. The molecule has 0 spiro atoms. The van der Waals surface area contributed by atoms with Gasteiger partial charge in [-0.2, -0.15) is 19.9 Å². The van der Waals surface area contributed by atoms with Gasteiger partial charge in [0.1, 0.15) is 53.9 Å². The number of ether oxygens (including phenoxy) is 5. The van der Waals surface area contributed by atoms with Crippen LogP contribution in [0, 0.1) is 72.0 Å². The summed E-state index contributed by atoms with van der Waals surface area (Å²) in [5.41, 5.74) is 11.7. The van der Waals surface area contributed by atoms with E-state index in [2.05, 4.69) is 147 Å². The highest BCUT2D eigenvalue weighted by Crippen LogP contribution is 2.49. The van der Waals surface area contributed by atoms with Crippen LogP contribution in [0.5, 0.6) is 17.2 Å². The number of allylic oxidation sites excluding steroid dienone is 2. The van der Waals surface area contributed by atoms with Crippen LogP contribution in [0.1, 0.15) is 180 Å². The van der Waals surface area contributed by atoms with Crippen molar-refractivity contribution in [2.24, 2.45) is 45.5 Å². The van der Waals surface area contributed by atoms with E-state index in [1.54, 1.807) is 42.1 Å². The van der Waals surface area contributed by atoms with Gasteiger partial charge in [0.05, 0.1) is 62.7 Å². The van der Waals surface area contributed by atoms with Gasteiger partial charge in [0.15, 0.2) is 53.3 Å². The molecule has 1 amide bonds. The molecule has 588 valence electrons. The number of aryl methyl sites for hydroxylation is 2. The Kier molecular flexibility index (Phi) is 24.1. The van der Waals surface area contributed by atoms with Crippen LogP contribution in [-0.2, 0) is 38.5 Å². The summed E-state index contributed by atoms with van der Waals surface area (Å²) in [5.74, 6) is 2.17. The monoisotopic (exact) mass is 1520 g/mol. The third-order valence-corrected chi connectivity index (χ3v) is 22.7. The highest BCUT2D eigenvalue weighted by atomic mass is 17.2. The molecule has 111 heavy (non-hydrogen) atoms. The van der Waals surface area contributed by atoms with Crippen molar-refractivity contribution in [1.29, 1.82) is 10.5 Å². The molecule has 0 saturated heterocycles. The molecule has 2 saturated carbocycles. The lowest BCUT2D eigenvalue weighted by atomic mass is 9.75. The summed E-state index contributed by atoms with van der Waals surface area (Å²) in [6.07, 6.45) is 4.31. The molecule has 4 N–H and O–H groups in total. The van der Waals surface area contributed by atoms with Crippen molar-refractivity contribution >= 4 is 69.1 Å². The maximum atomic E-state index is 14.8. The number of carboxylic acids is 1. The first-order valence-electron chi connectivity index (χ1n) is 38.4. The van der Waals surface area contributed by atoms with Crippen LogP contribution in [0.15, 0.2) is 94.1 Å². The van der Waals surface area contributed by atoms with Crippen molar-refractivity contribution in [2.45, 2.75) is 183 Å². The maximum absolute atomic E-state index is 14.8. The Labute approximate surface area is 649 Å². The number of anilines is 3. The van der Waals surface area contributed by atoms with E-state index in [-0.39, 0.29) is 119 Å². The summed E-state index contributed by atoms with van der Waals surface area (Å²) in [4.78, 5) is 81.6. The molecule has 27 nitrogen and oxygen atoms in total. The van der Waals surface area contributed by atoms with Gasteiger partial charge in [-0.05, 0) is 210 Å². The SMILES string of the molecule is C=C(COc1cc(-c2nc3n(n2)/C(=N/c2cc4c(cc2C)N(CCOCCN2c5cc(C)c(/N=C6\C(C#N)=C(C(=O)OC7C(C)CC(C)CC7C)c7nc(-c8ccc(OC)c(NC(=O)CCC(=O)O)c8)nn76)cc5C(C)CC2(C)C)C(C)(C)CC4C)C(C#N)=C3COOC2C(C)CC(C)CC2C)ccc1OC)NOCO. The van der Waals surface area contributed by atoms with Crippen molar-refractivity contribution in [2.75, 3.05) is 75.6 Å². The summed E-state index contributed by atoms with van der Waals surface area (Å²) >= 11 is 0. The number of aliphatic hydroxyl groups is 1. The second-order valence-corrected chi connectivity index (χ2v) is 32.4. The fraction of sp³-hybridized carbons (Fsp3) is 0.512. The Morgan fingerprint density at radius 2 is 1.18 bits per heavy atom. The summed E-state index contributed by atoms with van der Waals surface area (Å²) in [5, 5.41) is 53.3. The third kappa shape index (κ3) is 16.8. The van der Waals surface area contributed by atoms with Gasteiger partial charge in [0, 0.05) is 58.7 Å². The number of carboxylic acid groups (broad SMARTS) is 1. The molecule has 4 aliphatic heterocycles. The smallest absolute Gasteiger partial charge is 0.343 e. The average Bonchev–Trinajstić information content (AvgIpc) is 1.63. The number of benzene rings is 4. The number of nitrogens with one attached hydrogen (secondary N) is 2. The van der Waals surface area contributed by atoms with Gasteiger partial charge in [-0.15, -0.1) is 10.2 Å². The average molecular weight is 1520 g/mol. The van der Waals surface area contributed by atoms with Gasteiger partial charge >= 0.3 is 11.9 Å². The first-order valence-corrected chi connectivity index (χ1v) is 38.4. The molecule has 0 radical (unpaired) electrons. The minimum absolute atomic E-state index is 0.00477. The van der Waals surface area contributed by atoms with E-state index in [0.717, 1.165) is 72.2 Å². The normalized spacial score (nSPS) is 23.7. The number of esters is 1. The van der Waals surface area contributed by atoms with Crippen LogP contribution in [0.3, 0.4) is 0 Å². The minimum Gasteiger partial charge on any atom is -0.495 e. The number of nitrogens with zero attached hydrogens (tertiary/aromatic N) is 12. The number of aliphatic carboxylic acids is 1. The topological polar surface area (TPSA) is 330 Å². The van der Waals surface area contributed by atoms with Gasteiger partial charge < -0.3 is 49.0 Å². The van der Waals surface area contributed by atoms with E-state index < -0.39 is 30.7 Å². The number of carbonyl (C=O) groups is 3. The number of nitriles is 2. The molecule has 2 aliphatic carbocycles. The minimum atomic E-state index is -1.11. The molecule has 6 aliphatic rings. The van der Waals surface area contributed by atoms with E-state index in [1.807, 2.05) is 19.9 Å². The molecule has 12 rings (SSSR count). The Morgan fingerprint density at radius 3 is 1.71 bits per heavy atom. The quantitative estimate of drug-likeness (QED) is 0.0117. The number of rotatable bonds is 28. The number of hydroxylamine groups is 1. The summed E-state index contributed by atoms with van der Waals surface area (Å²) in [6, 6.07) is 23.6. The van der Waals surface area contributed by atoms with E-state index in [9.17, 15) is 30.0 Å². The lowest BCUT2D eigenvalue weighted by Gasteiger charge is -2.48. The van der Waals surface area contributed by atoms with Gasteiger partial charge in [-0.1, -0.05) is 62.0 Å². The van der Waals surface area contributed by atoms with Gasteiger partial charge in [-0.25, -0.2) is 39.4 Å². The molecule has 0 bridgehead atoms. The van der Waals surface area contributed by atoms with Crippen LogP contribution in [0.25, 0.3) is 33.9 Å². The Morgan fingerprint density at radius 1 is 0.667 bits per heavy atom. The van der Waals surface area contributed by atoms with Crippen molar-refractivity contribution < 1.29 is 62.9 Å². The van der Waals surface area contributed by atoms with Gasteiger partial charge in [0.25, 0.3) is 0 Å². The Hall–Kier alpha value is -10.3. The van der Waals surface area contributed by atoms with Gasteiger partial charge in [-0.3, -0.25) is 15.1 Å². The number of carbonyl (C=O) groups excluding carboxylic acids is 2. The standard InChI is InChI=1S/C84H104N14O13/c1-45-28-49(5)74(50(6)29-45)110-82(103)73-61(41-86)79(98-81(73)91-76(93-98)56-18-20-68(104-16)65(34-56)87-71(100)22-23-72(101)102)89-64-37-59-54(10)39-84(14,15)96(67(59)33-48(64)4)25-27-106-26-24-95-66-32-47(3)63(36-58(66)53(9)38-83(95,12)13)88-78-60(40-85)62(43-109-111-75-51(7)30-46(2)31-52(75)8)80-90-77(92-97(78)80)57-19-21-69(105-17)70(35-57)107-42-55(11)94-108-44-99/h18-21,32-37,45-46,49-54,74-75,94,99H,11,22-31,38-39,42-44H2,1-10,12-17H3,(H,87,100)(H,101,102)/b88-78+,89-79+. The molecule has 6 unspecified atom stereocenters. The number of hydrogen-bond donors (Lipinski definition) is 4. The number of aliphatic imine (C=N–C) groups is 2. The summed E-state index contributed by atoms with van der Waals surface area (Å²) < 4.78 is 33.4. The van der Waals surface area contributed by atoms with Crippen molar-refractivity contribution in [3.63, 3.8) is 0 Å². The number of amides is 1. The number of fused-ring (bicyclic) bond motifs is 4. The summed E-state index contributed by atoms with van der Waals surface area (Å²) in [7, 11) is 2.99. The van der Waals surface area contributed by atoms with E-state index in [4.69, 9.17) is 73.6 Å².